The minimum atomic E-state index is -0.280. The number of thioether (sulfide) groups is 1. The number of amides is 2. The Morgan fingerprint density at radius 2 is 1.71 bits per heavy atom. The predicted octanol–water partition coefficient (Wildman–Crippen LogP) is 4.25. The van der Waals surface area contributed by atoms with Crippen molar-refractivity contribution >= 4 is 29.0 Å². The number of imide groups is 1. The van der Waals surface area contributed by atoms with Crippen molar-refractivity contribution in [2.45, 2.75) is 20.4 Å². The number of nitrogens with zero attached hydrogens (tertiary/aromatic N) is 1. The number of phenolic OH excluding ortho intramolecular Hbond substituents is 1. The molecule has 3 rings (SSSR count). The summed E-state index contributed by atoms with van der Waals surface area (Å²) in [6.45, 7) is 3.89. The Labute approximate surface area is 144 Å². The molecular weight excluding hydrogens is 322 g/mol. The number of hydrogen-bond donors (Lipinski definition) is 1. The van der Waals surface area contributed by atoms with Crippen LogP contribution >= 0.6 is 11.8 Å². The fraction of sp³-hybridized carbons (Fsp3) is 0.158. The zero-order chi connectivity index (χ0) is 17.3. The first-order valence-corrected chi connectivity index (χ1v) is 8.37. The second kappa shape index (κ2) is 6.53. The van der Waals surface area contributed by atoms with Gasteiger partial charge in [-0.05, 0) is 66.1 Å². The third-order valence-electron chi connectivity index (χ3n) is 3.87. The highest BCUT2D eigenvalue weighted by Crippen LogP contribution is 2.34. The van der Waals surface area contributed by atoms with Crippen LogP contribution in [0.5, 0.6) is 5.75 Å². The molecule has 0 radical (unpaired) electrons. The van der Waals surface area contributed by atoms with Gasteiger partial charge in [-0.1, -0.05) is 30.3 Å². The quantitative estimate of drug-likeness (QED) is 0.850. The summed E-state index contributed by atoms with van der Waals surface area (Å²) in [6.07, 6.45) is 1.70. The van der Waals surface area contributed by atoms with E-state index in [1.165, 1.54) is 4.90 Å². The van der Waals surface area contributed by atoms with Gasteiger partial charge in [0.05, 0.1) is 11.4 Å². The van der Waals surface area contributed by atoms with Crippen LogP contribution in [0.3, 0.4) is 0 Å². The summed E-state index contributed by atoms with van der Waals surface area (Å²) < 4.78 is 0. The Bertz CT molecular complexity index is 820. The third-order valence-corrected chi connectivity index (χ3v) is 4.78. The Hall–Kier alpha value is -2.53. The van der Waals surface area contributed by atoms with E-state index >= 15 is 0 Å². The van der Waals surface area contributed by atoms with Crippen molar-refractivity contribution in [3.8, 4) is 5.75 Å². The van der Waals surface area contributed by atoms with Crippen molar-refractivity contribution < 1.29 is 14.7 Å². The molecule has 0 aromatic heterocycles. The van der Waals surface area contributed by atoms with Crippen LogP contribution in [0.15, 0.2) is 47.4 Å². The highest BCUT2D eigenvalue weighted by Gasteiger charge is 2.34. The van der Waals surface area contributed by atoms with Gasteiger partial charge in [-0.3, -0.25) is 14.5 Å². The molecular formula is C19H17NO3S. The fourth-order valence-corrected chi connectivity index (χ4v) is 3.46. The molecule has 1 saturated heterocycles. The summed E-state index contributed by atoms with van der Waals surface area (Å²) in [7, 11) is 0. The summed E-state index contributed by atoms with van der Waals surface area (Å²) in [5.74, 6) is -0.0263. The number of phenols is 1. The van der Waals surface area contributed by atoms with Crippen LogP contribution in [0, 0.1) is 13.8 Å². The lowest BCUT2D eigenvalue weighted by atomic mass is 10.1. The molecule has 1 aliphatic heterocycles. The SMILES string of the molecule is Cc1cc(C=C2SC(=O)N(Cc3ccccc3)C2=O)cc(C)c1O. The summed E-state index contributed by atoms with van der Waals surface area (Å²) in [5, 5.41) is 9.57. The van der Waals surface area contributed by atoms with Crippen LogP contribution in [-0.2, 0) is 11.3 Å². The number of carbonyl (C=O) groups excluding carboxylic acids is 2. The van der Waals surface area contributed by atoms with Gasteiger partial charge in [0.2, 0.25) is 0 Å². The van der Waals surface area contributed by atoms with Crippen LogP contribution in [0.4, 0.5) is 4.79 Å². The zero-order valence-corrected chi connectivity index (χ0v) is 14.3. The molecule has 2 amide bonds. The normalized spacial score (nSPS) is 16.2. The zero-order valence-electron chi connectivity index (χ0n) is 13.4. The van der Waals surface area contributed by atoms with E-state index in [-0.39, 0.29) is 23.4 Å². The van der Waals surface area contributed by atoms with Gasteiger partial charge in [-0.15, -0.1) is 0 Å². The summed E-state index contributed by atoms with van der Waals surface area (Å²) in [4.78, 5) is 26.4. The monoisotopic (exact) mass is 339 g/mol. The van der Waals surface area contributed by atoms with Gasteiger partial charge in [-0.2, -0.15) is 0 Å². The highest BCUT2D eigenvalue weighted by molar-refractivity contribution is 8.18. The maximum absolute atomic E-state index is 12.5. The van der Waals surface area contributed by atoms with Gasteiger partial charge in [0.1, 0.15) is 5.75 Å². The topological polar surface area (TPSA) is 57.6 Å². The predicted molar refractivity (Wildman–Crippen MR) is 95.5 cm³/mol. The molecule has 0 saturated carbocycles. The van der Waals surface area contributed by atoms with E-state index in [0.29, 0.717) is 4.91 Å². The molecule has 5 heteroatoms. The molecule has 0 spiro atoms. The second-order valence-electron chi connectivity index (χ2n) is 5.76. The van der Waals surface area contributed by atoms with Crippen LogP contribution in [-0.4, -0.2) is 21.2 Å². The van der Waals surface area contributed by atoms with Gasteiger partial charge in [-0.25, -0.2) is 0 Å². The highest BCUT2D eigenvalue weighted by atomic mass is 32.2. The lowest BCUT2D eigenvalue weighted by Crippen LogP contribution is -2.27. The van der Waals surface area contributed by atoms with Crippen LogP contribution in [0.25, 0.3) is 6.08 Å². The molecule has 2 aromatic carbocycles. The largest absolute Gasteiger partial charge is 0.507 e. The average molecular weight is 339 g/mol. The third kappa shape index (κ3) is 3.21. The van der Waals surface area contributed by atoms with Crippen LogP contribution < -0.4 is 0 Å². The minimum Gasteiger partial charge on any atom is -0.507 e. The van der Waals surface area contributed by atoms with E-state index in [0.717, 1.165) is 34.0 Å². The van der Waals surface area contributed by atoms with E-state index in [4.69, 9.17) is 0 Å². The van der Waals surface area contributed by atoms with Crippen molar-refractivity contribution in [2.24, 2.45) is 0 Å². The van der Waals surface area contributed by atoms with Crippen molar-refractivity contribution in [1.29, 1.82) is 0 Å². The fourth-order valence-electron chi connectivity index (χ4n) is 2.63. The van der Waals surface area contributed by atoms with Gasteiger partial charge in [0, 0.05) is 0 Å². The summed E-state index contributed by atoms with van der Waals surface area (Å²) in [6, 6.07) is 13.0. The molecule has 4 nitrogen and oxygen atoms in total. The number of carbonyl (C=O) groups is 2. The smallest absolute Gasteiger partial charge is 0.293 e. The minimum absolute atomic E-state index is 0.254. The Kier molecular flexibility index (Phi) is 4.44. The molecule has 122 valence electrons. The van der Waals surface area contributed by atoms with Gasteiger partial charge < -0.3 is 5.11 Å². The van der Waals surface area contributed by atoms with E-state index in [2.05, 4.69) is 0 Å². The van der Waals surface area contributed by atoms with E-state index in [1.54, 1.807) is 32.1 Å². The van der Waals surface area contributed by atoms with Crippen molar-refractivity contribution in [2.75, 3.05) is 0 Å². The first-order valence-electron chi connectivity index (χ1n) is 7.55. The van der Waals surface area contributed by atoms with E-state index < -0.39 is 0 Å². The van der Waals surface area contributed by atoms with Gasteiger partial charge in [0.25, 0.3) is 11.1 Å². The maximum Gasteiger partial charge on any atom is 0.293 e. The average Bonchev–Trinajstić information content (AvgIpc) is 2.81. The lowest BCUT2D eigenvalue weighted by Gasteiger charge is -2.12. The molecule has 1 fully saturated rings. The molecule has 24 heavy (non-hydrogen) atoms. The number of aryl methyl sites for hydroxylation is 2. The molecule has 0 unspecified atom stereocenters. The Morgan fingerprint density at radius 1 is 1.08 bits per heavy atom. The molecule has 0 aliphatic carbocycles. The standard InChI is InChI=1S/C19H17NO3S/c1-12-8-15(9-13(2)17(12)21)10-16-18(22)20(19(23)24-16)11-14-6-4-3-5-7-14/h3-10,21H,11H2,1-2H3. The first-order chi connectivity index (χ1) is 11.5. The molecule has 2 aromatic rings. The Morgan fingerprint density at radius 3 is 2.33 bits per heavy atom. The van der Waals surface area contributed by atoms with E-state index in [9.17, 15) is 14.7 Å². The maximum atomic E-state index is 12.5. The second-order valence-corrected chi connectivity index (χ2v) is 6.75. The van der Waals surface area contributed by atoms with Crippen LogP contribution in [0.1, 0.15) is 22.3 Å². The molecule has 0 atom stereocenters. The van der Waals surface area contributed by atoms with Crippen molar-refractivity contribution in [1.82, 2.24) is 4.90 Å². The lowest BCUT2D eigenvalue weighted by molar-refractivity contribution is -0.123. The molecule has 0 bridgehead atoms. The summed E-state index contributed by atoms with van der Waals surface area (Å²) in [5.41, 5.74) is 3.19. The number of rotatable bonds is 3. The molecule has 1 heterocycles. The van der Waals surface area contributed by atoms with Crippen molar-refractivity contribution in [3.05, 3.63) is 69.6 Å². The number of aromatic hydroxyl groups is 1. The number of hydrogen-bond acceptors (Lipinski definition) is 4. The molecule has 1 N–H and O–H groups in total. The van der Waals surface area contributed by atoms with Gasteiger partial charge >= 0.3 is 0 Å². The van der Waals surface area contributed by atoms with Gasteiger partial charge in [0.15, 0.2) is 0 Å². The van der Waals surface area contributed by atoms with E-state index in [1.807, 2.05) is 30.3 Å². The Balaban J connectivity index is 1.86. The summed E-state index contributed by atoms with van der Waals surface area (Å²) >= 11 is 0.948. The first kappa shape index (κ1) is 16.3. The van der Waals surface area contributed by atoms with Crippen LogP contribution in [0.2, 0.25) is 0 Å². The molecule has 1 aliphatic rings. The number of benzene rings is 2. The van der Waals surface area contributed by atoms with Crippen molar-refractivity contribution in [3.63, 3.8) is 0 Å².